The minimum absolute atomic E-state index is 0.150. The second-order valence-corrected chi connectivity index (χ2v) is 9.11. The molecule has 5 nitrogen and oxygen atoms in total. The van der Waals surface area contributed by atoms with E-state index in [0.29, 0.717) is 24.0 Å². The van der Waals surface area contributed by atoms with Crippen LogP contribution >= 0.6 is 0 Å². The predicted octanol–water partition coefficient (Wildman–Crippen LogP) is 5.29. The molecule has 2 heterocycles. The lowest BCUT2D eigenvalue weighted by atomic mass is 10.0. The average Bonchev–Trinajstić information content (AvgIpc) is 3.23. The van der Waals surface area contributed by atoms with E-state index in [2.05, 4.69) is 23.2 Å². The van der Waals surface area contributed by atoms with Crippen molar-refractivity contribution in [3.63, 3.8) is 0 Å². The van der Waals surface area contributed by atoms with Crippen molar-refractivity contribution in [2.24, 2.45) is 0 Å². The van der Waals surface area contributed by atoms with Gasteiger partial charge in [-0.15, -0.1) is 0 Å². The number of hydrogen-bond acceptors (Lipinski definition) is 3. The fraction of sp³-hybridized carbons (Fsp3) is 0.407. The van der Waals surface area contributed by atoms with E-state index >= 15 is 0 Å². The summed E-state index contributed by atoms with van der Waals surface area (Å²) in [7, 11) is 0. The number of halogens is 1. The highest BCUT2D eigenvalue weighted by Gasteiger charge is 2.20. The zero-order chi connectivity index (χ0) is 23.4. The lowest BCUT2D eigenvalue weighted by molar-refractivity contribution is 0.0941. The molecular formula is C27H33FN4O. The molecule has 1 aromatic heterocycles. The monoisotopic (exact) mass is 448 g/mol. The molecule has 2 aromatic carbocycles. The van der Waals surface area contributed by atoms with Crippen molar-refractivity contribution < 1.29 is 9.18 Å². The molecule has 33 heavy (non-hydrogen) atoms. The van der Waals surface area contributed by atoms with Crippen molar-refractivity contribution in [2.45, 2.75) is 52.5 Å². The molecule has 1 fully saturated rings. The number of amides is 1. The van der Waals surface area contributed by atoms with Crippen LogP contribution in [0.3, 0.4) is 0 Å². The average molecular weight is 449 g/mol. The Kier molecular flexibility index (Phi) is 7.23. The summed E-state index contributed by atoms with van der Waals surface area (Å²) in [4.78, 5) is 15.7. The van der Waals surface area contributed by atoms with Gasteiger partial charge in [-0.1, -0.05) is 24.1 Å². The van der Waals surface area contributed by atoms with E-state index in [1.165, 1.54) is 31.4 Å². The van der Waals surface area contributed by atoms with E-state index in [9.17, 15) is 9.18 Å². The maximum absolute atomic E-state index is 13.4. The van der Waals surface area contributed by atoms with Crippen LogP contribution in [0.25, 0.3) is 16.9 Å². The molecule has 1 unspecified atom stereocenters. The minimum atomic E-state index is -0.298. The summed E-state index contributed by atoms with van der Waals surface area (Å²) in [6, 6.07) is 14.7. The van der Waals surface area contributed by atoms with Gasteiger partial charge in [0.2, 0.25) is 0 Å². The van der Waals surface area contributed by atoms with Crippen LogP contribution in [-0.4, -0.2) is 46.3 Å². The van der Waals surface area contributed by atoms with Crippen LogP contribution < -0.4 is 5.32 Å². The molecule has 1 saturated heterocycles. The SMILES string of the molecule is Cc1ccc(-n2nc(-c3ccc(F)cc3)cc2C(=O)NCCCN2CCCCC2C)c(C)c1. The third-order valence-electron chi connectivity index (χ3n) is 6.51. The van der Waals surface area contributed by atoms with Crippen LogP contribution in [0.4, 0.5) is 4.39 Å². The summed E-state index contributed by atoms with van der Waals surface area (Å²) in [5.74, 6) is -0.448. The number of nitrogens with zero attached hydrogens (tertiary/aromatic N) is 3. The third kappa shape index (κ3) is 5.50. The van der Waals surface area contributed by atoms with Crippen molar-refractivity contribution in [1.29, 1.82) is 0 Å². The zero-order valence-electron chi connectivity index (χ0n) is 19.8. The Bertz CT molecular complexity index is 1110. The minimum Gasteiger partial charge on any atom is -0.351 e. The topological polar surface area (TPSA) is 50.2 Å². The molecule has 0 spiro atoms. The molecule has 4 rings (SSSR count). The summed E-state index contributed by atoms with van der Waals surface area (Å²) in [5, 5.41) is 7.81. The Morgan fingerprint density at radius 2 is 1.91 bits per heavy atom. The van der Waals surface area contributed by atoms with E-state index in [4.69, 9.17) is 5.10 Å². The summed E-state index contributed by atoms with van der Waals surface area (Å²) < 4.78 is 15.1. The van der Waals surface area contributed by atoms with E-state index in [1.807, 2.05) is 26.0 Å². The number of rotatable bonds is 7. The highest BCUT2D eigenvalue weighted by Crippen LogP contribution is 2.24. The van der Waals surface area contributed by atoms with Gasteiger partial charge in [-0.05, 0) is 88.5 Å². The van der Waals surface area contributed by atoms with Crippen LogP contribution in [0.1, 0.15) is 54.2 Å². The van der Waals surface area contributed by atoms with Gasteiger partial charge in [-0.2, -0.15) is 5.10 Å². The van der Waals surface area contributed by atoms with E-state index in [0.717, 1.165) is 41.9 Å². The summed E-state index contributed by atoms with van der Waals surface area (Å²) >= 11 is 0. The van der Waals surface area contributed by atoms with Crippen LogP contribution in [0.5, 0.6) is 0 Å². The molecule has 0 saturated carbocycles. The Hall–Kier alpha value is -2.99. The molecule has 1 aliphatic heterocycles. The number of aryl methyl sites for hydroxylation is 2. The Morgan fingerprint density at radius 1 is 1.12 bits per heavy atom. The van der Waals surface area contributed by atoms with Gasteiger partial charge in [0.05, 0.1) is 11.4 Å². The Morgan fingerprint density at radius 3 is 2.64 bits per heavy atom. The van der Waals surface area contributed by atoms with Gasteiger partial charge >= 0.3 is 0 Å². The molecule has 1 atom stereocenters. The highest BCUT2D eigenvalue weighted by atomic mass is 19.1. The molecule has 0 aliphatic carbocycles. The first-order chi connectivity index (χ1) is 15.9. The van der Waals surface area contributed by atoms with Gasteiger partial charge in [0, 0.05) is 24.7 Å². The predicted molar refractivity (Wildman–Crippen MR) is 130 cm³/mol. The van der Waals surface area contributed by atoms with Gasteiger partial charge in [-0.25, -0.2) is 9.07 Å². The quantitative estimate of drug-likeness (QED) is 0.500. The van der Waals surface area contributed by atoms with Gasteiger partial charge in [0.25, 0.3) is 5.91 Å². The first kappa shape index (κ1) is 23.2. The number of piperidine rings is 1. The van der Waals surface area contributed by atoms with Crippen molar-refractivity contribution in [1.82, 2.24) is 20.0 Å². The van der Waals surface area contributed by atoms with Crippen molar-refractivity contribution in [2.75, 3.05) is 19.6 Å². The molecule has 3 aromatic rings. The first-order valence-corrected chi connectivity index (χ1v) is 11.9. The van der Waals surface area contributed by atoms with Crippen molar-refractivity contribution >= 4 is 5.91 Å². The summed E-state index contributed by atoms with van der Waals surface area (Å²) in [5.41, 5.74) is 4.95. The van der Waals surface area contributed by atoms with Gasteiger partial charge in [-0.3, -0.25) is 4.79 Å². The molecule has 1 N–H and O–H groups in total. The summed E-state index contributed by atoms with van der Waals surface area (Å²) in [6.45, 7) is 9.11. The number of carbonyl (C=O) groups is 1. The number of carbonyl (C=O) groups excluding carboxylic acids is 1. The third-order valence-corrected chi connectivity index (χ3v) is 6.51. The second kappa shape index (κ2) is 10.3. The lowest BCUT2D eigenvalue weighted by Crippen LogP contribution is -2.39. The normalized spacial score (nSPS) is 16.7. The largest absolute Gasteiger partial charge is 0.351 e. The van der Waals surface area contributed by atoms with E-state index in [1.54, 1.807) is 22.9 Å². The van der Waals surface area contributed by atoms with Crippen LogP contribution in [0.2, 0.25) is 0 Å². The molecule has 0 radical (unpaired) electrons. The fourth-order valence-electron chi connectivity index (χ4n) is 4.60. The maximum Gasteiger partial charge on any atom is 0.270 e. The Balaban J connectivity index is 1.53. The molecular weight excluding hydrogens is 415 g/mol. The van der Waals surface area contributed by atoms with Gasteiger partial charge in [0.15, 0.2) is 0 Å². The van der Waals surface area contributed by atoms with E-state index < -0.39 is 0 Å². The number of hydrogen-bond donors (Lipinski definition) is 1. The number of nitrogens with one attached hydrogen (secondary N) is 1. The van der Waals surface area contributed by atoms with Crippen molar-refractivity contribution in [3.8, 4) is 16.9 Å². The standard InChI is InChI=1S/C27H33FN4O/c1-19-8-13-25(20(2)17-19)32-26(18-24(30-32)22-9-11-23(28)12-10-22)27(33)29-14-6-16-31-15-5-4-7-21(31)3/h8-13,17-18,21H,4-7,14-16H2,1-3H3,(H,29,33). The van der Waals surface area contributed by atoms with Gasteiger partial charge < -0.3 is 10.2 Å². The van der Waals surface area contributed by atoms with Crippen LogP contribution in [0.15, 0.2) is 48.5 Å². The molecule has 174 valence electrons. The number of likely N-dealkylation sites (tertiary alicyclic amines) is 1. The van der Waals surface area contributed by atoms with Crippen LogP contribution in [0, 0.1) is 19.7 Å². The lowest BCUT2D eigenvalue weighted by Gasteiger charge is -2.33. The zero-order valence-corrected chi connectivity index (χ0v) is 19.8. The van der Waals surface area contributed by atoms with Crippen LogP contribution in [-0.2, 0) is 0 Å². The summed E-state index contributed by atoms with van der Waals surface area (Å²) in [6.07, 6.45) is 4.75. The molecule has 1 amide bonds. The maximum atomic E-state index is 13.4. The fourth-order valence-corrected chi connectivity index (χ4v) is 4.60. The van der Waals surface area contributed by atoms with Crippen molar-refractivity contribution in [3.05, 3.63) is 71.2 Å². The Labute approximate surface area is 195 Å². The molecule has 0 bridgehead atoms. The number of aromatic nitrogens is 2. The first-order valence-electron chi connectivity index (χ1n) is 11.9. The molecule has 1 aliphatic rings. The second-order valence-electron chi connectivity index (χ2n) is 9.11. The molecule has 6 heteroatoms. The highest BCUT2D eigenvalue weighted by molar-refractivity contribution is 5.94. The van der Waals surface area contributed by atoms with E-state index in [-0.39, 0.29) is 11.7 Å². The smallest absolute Gasteiger partial charge is 0.270 e. The van der Waals surface area contributed by atoms with Gasteiger partial charge in [0.1, 0.15) is 11.5 Å². The number of benzene rings is 2.